The van der Waals surface area contributed by atoms with Crippen molar-refractivity contribution in [2.24, 2.45) is 11.3 Å². The number of amides is 1. The van der Waals surface area contributed by atoms with Gasteiger partial charge in [0.1, 0.15) is 0 Å². The predicted molar refractivity (Wildman–Crippen MR) is 82.3 cm³/mol. The molecule has 6 nitrogen and oxygen atoms in total. The summed E-state index contributed by atoms with van der Waals surface area (Å²) in [4.78, 5) is 12.3. The lowest BCUT2D eigenvalue weighted by Gasteiger charge is -2.33. The number of nitrogens with zero attached hydrogens (tertiary/aromatic N) is 1. The van der Waals surface area contributed by atoms with E-state index in [1.807, 2.05) is 13.8 Å². The fourth-order valence-corrected chi connectivity index (χ4v) is 3.57. The first-order valence-corrected chi connectivity index (χ1v) is 9.46. The molecule has 1 atom stereocenters. The minimum absolute atomic E-state index is 0.0421. The zero-order valence-corrected chi connectivity index (χ0v) is 14.1. The van der Waals surface area contributed by atoms with E-state index in [4.69, 9.17) is 0 Å². The molecular formula is C14H28N2O4S. The van der Waals surface area contributed by atoms with Crippen LogP contribution in [0.3, 0.4) is 0 Å². The largest absolute Gasteiger partial charge is 0.396 e. The Kier molecular flexibility index (Phi) is 6.62. The highest BCUT2D eigenvalue weighted by Gasteiger charge is 2.32. The number of hydrogen-bond donors (Lipinski definition) is 2. The van der Waals surface area contributed by atoms with Crippen LogP contribution in [0.25, 0.3) is 0 Å². The lowest BCUT2D eigenvalue weighted by Crippen LogP contribution is -2.47. The van der Waals surface area contributed by atoms with Gasteiger partial charge in [0.25, 0.3) is 0 Å². The average molecular weight is 320 g/mol. The summed E-state index contributed by atoms with van der Waals surface area (Å²) in [7, 11) is -3.24. The number of carbonyl (C=O) groups is 1. The quantitative estimate of drug-likeness (QED) is 0.718. The molecule has 0 aromatic carbocycles. The second-order valence-electron chi connectivity index (χ2n) is 6.04. The van der Waals surface area contributed by atoms with Crippen molar-refractivity contribution in [3.05, 3.63) is 0 Å². The first kappa shape index (κ1) is 18.4. The zero-order valence-electron chi connectivity index (χ0n) is 13.3. The Morgan fingerprint density at radius 1 is 1.38 bits per heavy atom. The Morgan fingerprint density at radius 3 is 2.48 bits per heavy atom. The van der Waals surface area contributed by atoms with Crippen molar-refractivity contribution in [2.75, 3.05) is 32.5 Å². The molecule has 1 saturated heterocycles. The Morgan fingerprint density at radius 2 is 2.00 bits per heavy atom. The van der Waals surface area contributed by atoms with Gasteiger partial charge < -0.3 is 10.4 Å². The maximum absolute atomic E-state index is 12.3. The summed E-state index contributed by atoms with van der Waals surface area (Å²) < 4.78 is 24.5. The van der Waals surface area contributed by atoms with E-state index in [1.54, 1.807) is 0 Å². The number of carbonyl (C=O) groups excluding carboxylic acids is 1. The third kappa shape index (κ3) is 4.93. The molecule has 1 aliphatic heterocycles. The lowest BCUT2D eigenvalue weighted by atomic mass is 9.83. The normalized spacial score (nSPS) is 21.2. The number of aliphatic hydroxyl groups is 1. The van der Waals surface area contributed by atoms with Crippen LogP contribution in [0.5, 0.6) is 0 Å². The molecule has 0 spiro atoms. The number of aliphatic hydroxyl groups excluding tert-OH is 1. The Bertz CT molecular complexity index is 438. The van der Waals surface area contributed by atoms with Gasteiger partial charge in [-0.3, -0.25) is 4.79 Å². The van der Waals surface area contributed by atoms with Crippen LogP contribution in [0.1, 0.15) is 39.5 Å². The summed E-state index contributed by atoms with van der Waals surface area (Å²) in [6.07, 6.45) is 4.18. The highest BCUT2D eigenvalue weighted by Crippen LogP contribution is 2.25. The Hall–Kier alpha value is -0.660. The number of sulfonamides is 1. The second-order valence-corrected chi connectivity index (χ2v) is 8.03. The van der Waals surface area contributed by atoms with Gasteiger partial charge in [-0.05, 0) is 25.7 Å². The van der Waals surface area contributed by atoms with Crippen molar-refractivity contribution in [3.8, 4) is 0 Å². The molecule has 0 aliphatic carbocycles. The van der Waals surface area contributed by atoms with Crippen molar-refractivity contribution in [2.45, 2.75) is 39.5 Å². The van der Waals surface area contributed by atoms with Crippen LogP contribution in [0.2, 0.25) is 0 Å². The van der Waals surface area contributed by atoms with Gasteiger partial charge in [-0.15, -0.1) is 0 Å². The molecule has 1 unspecified atom stereocenters. The van der Waals surface area contributed by atoms with E-state index >= 15 is 0 Å². The minimum atomic E-state index is -3.24. The molecule has 1 heterocycles. The van der Waals surface area contributed by atoms with E-state index in [1.165, 1.54) is 10.6 Å². The number of nitrogens with one attached hydrogen (secondary N) is 1. The van der Waals surface area contributed by atoms with Crippen molar-refractivity contribution in [1.29, 1.82) is 0 Å². The third-order valence-corrected chi connectivity index (χ3v) is 5.97. The van der Waals surface area contributed by atoms with Gasteiger partial charge in [-0.25, -0.2) is 12.7 Å². The van der Waals surface area contributed by atoms with Crippen LogP contribution in [-0.2, 0) is 14.8 Å². The van der Waals surface area contributed by atoms with Crippen molar-refractivity contribution >= 4 is 15.9 Å². The summed E-state index contributed by atoms with van der Waals surface area (Å²) in [6, 6.07) is 0. The van der Waals surface area contributed by atoms with E-state index in [0.717, 1.165) is 12.8 Å². The number of hydrogen-bond acceptors (Lipinski definition) is 4. The van der Waals surface area contributed by atoms with Crippen molar-refractivity contribution < 1.29 is 18.3 Å². The Labute approximate surface area is 128 Å². The second kappa shape index (κ2) is 7.56. The number of rotatable bonds is 7. The van der Waals surface area contributed by atoms with E-state index in [-0.39, 0.29) is 30.4 Å². The molecule has 0 radical (unpaired) electrons. The molecule has 124 valence electrons. The Balaban J connectivity index is 2.59. The summed E-state index contributed by atoms with van der Waals surface area (Å²) >= 11 is 0. The van der Waals surface area contributed by atoms with Crippen LogP contribution >= 0.6 is 0 Å². The number of piperidine rings is 1. The fraction of sp³-hybridized carbons (Fsp3) is 0.929. The highest BCUT2D eigenvalue weighted by molar-refractivity contribution is 7.88. The molecule has 0 aromatic rings. The summed E-state index contributed by atoms with van der Waals surface area (Å²) in [5.74, 6) is -0.401. The molecule has 1 aliphatic rings. The van der Waals surface area contributed by atoms with Gasteiger partial charge in [0, 0.05) is 25.0 Å². The summed E-state index contributed by atoms with van der Waals surface area (Å²) in [6.45, 7) is 5.23. The van der Waals surface area contributed by atoms with Crippen molar-refractivity contribution in [1.82, 2.24) is 9.62 Å². The maximum Gasteiger partial charge on any atom is 0.224 e. The SMILES string of the molecule is CCC(CC)(CO)CNC(=O)C1CCCN(S(C)(=O)=O)C1. The van der Waals surface area contributed by atoms with Gasteiger partial charge in [0.15, 0.2) is 0 Å². The molecule has 0 saturated carbocycles. The molecule has 2 N–H and O–H groups in total. The minimum Gasteiger partial charge on any atom is -0.396 e. The van der Waals surface area contributed by atoms with Gasteiger partial charge >= 0.3 is 0 Å². The van der Waals surface area contributed by atoms with Crippen LogP contribution in [0.4, 0.5) is 0 Å². The summed E-state index contributed by atoms with van der Waals surface area (Å²) in [5.41, 5.74) is -0.277. The first-order valence-electron chi connectivity index (χ1n) is 7.61. The zero-order chi connectivity index (χ0) is 16.1. The van der Waals surface area contributed by atoms with Crippen LogP contribution in [0.15, 0.2) is 0 Å². The van der Waals surface area contributed by atoms with Crippen LogP contribution in [0, 0.1) is 11.3 Å². The molecule has 0 bridgehead atoms. The molecule has 7 heteroatoms. The molecule has 1 fully saturated rings. The van der Waals surface area contributed by atoms with Gasteiger partial charge in [0.2, 0.25) is 15.9 Å². The predicted octanol–water partition coefficient (Wildman–Crippen LogP) is 0.573. The van der Waals surface area contributed by atoms with Gasteiger partial charge in [-0.2, -0.15) is 0 Å². The van der Waals surface area contributed by atoms with Crippen molar-refractivity contribution in [3.63, 3.8) is 0 Å². The maximum atomic E-state index is 12.3. The lowest BCUT2D eigenvalue weighted by molar-refractivity contribution is -0.126. The highest BCUT2D eigenvalue weighted by atomic mass is 32.2. The van der Waals surface area contributed by atoms with E-state index in [9.17, 15) is 18.3 Å². The molecule has 1 rings (SSSR count). The average Bonchev–Trinajstić information content (AvgIpc) is 2.48. The monoisotopic (exact) mass is 320 g/mol. The van der Waals surface area contributed by atoms with Gasteiger partial charge in [0.05, 0.1) is 18.8 Å². The molecule has 1 amide bonds. The standard InChI is InChI=1S/C14H28N2O4S/c1-4-14(5-2,11-17)10-15-13(18)12-7-6-8-16(9-12)21(3,19)20/h12,17H,4-11H2,1-3H3,(H,15,18). The fourth-order valence-electron chi connectivity index (χ4n) is 2.66. The molecular weight excluding hydrogens is 292 g/mol. The third-order valence-electron chi connectivity index (χ3n) is 4.70. The topological polar surface area (TPSA) is 86.7 Å². The molecule has 0 aromatic heterocycles. The first-order chi connectivity index (χ1) is 9.78. The molecule has 21 heavy (non-hydrogen) atoms. The van der Waals surface area contributed by atoms with E-state index in [2.05, 4.69) is 5.32 Å². The van der Waals surface area contributed by atoms with Crippen LogP contribution in [-0.4, -0.2) is 56.2 Å². The van der Waals surface area contributed by atoms with Crippen LogP contribution < -0.4 is 5.32 Å². The van der Waals surface area contributed by atoms with E-state index < -0.39 is 10.0 Å². The van der Waals surface area contributed by atoms with Gasteiger partial charge in [-0.1, -0.05) is 13.8 Å². The van der Waals surface area contributed by atoms with E-state index in [0.29, 0.717) is 25.9 Å². The smallest absolute Gasteiger partial charge is 0.224 e. The summed E-state index contributed by atoms with van der Waals surface area (Å²) in [5, 5.41) is 12.4.